The molecular formula is C28H6F6N4O2S2. The van der Waals surface area contributed by atoms with Crippen LogP contribution in [-0.2, 0) is 0 Å². The number of rotatable bonds is 2. The number of hydrogen-bond acceptors (Lipinski definition) is 8. The lowest BCUT2D eigenvalue weighted by molar-refractivity contribution is -0.275. The molecule has 2 heterocycles. The largest absolute Gasteiger partial charge is 0.573 e. The van der Waals surface area contributed by atoms with Crippen molar-refractivity contribution < 1.29 is 35.8 Å². The number of allylic oxidation sites excluding steroid dienone is 2. The number of ether oxygens (including phenoxy) is 2. The summed E-state index contributed by atoms with van der Waals surface area (Å²) in [4.78, 5) is 0.876. The van der Waals surface area contributed by atoms with Crippen LogP contribution < -0.4 is 9.47 Å². The molecule has 4 aromatic rings. The van der Waals surface area contributed by atoms with Gasteiger partial charge in [0.15, 0.2) is 0 Å². The maximum atomic E-state index is 12.9. The first-order valence-corrected chi connectivity index (χ1v) is 13.0. The molecule has 0 saturated heterocycles. The Morgan fingerprint density at radius 3 is 1.24 bits per heavy atom. The van der Waals surface area contributed by atoms with Crippen LogP contribution in [-0.4, -0.2) is 12.7 Å². The highest BCUT2D eigenvalue weighted by molar-refractivity contribution is 7.31. The van der Waals surface area contributed by atoms with Gasteiger partial charge in [-0.1, -0.05) is 0 Å². The third-order valence-electron chi connectivity index (χ3n) is 6.45. The minimum absolute atomic E-state index is 0.123. The van der Waals surface area contributed by atoms with Crippen LogP contribution in [0.15, 0.2) is 47.5 Å². The number of benzene rings is 2. The molecule has 2 aliphatic rings. The van der Waals surface area contributed by atoms with Gasteiger partial charge in [-0.05, 0) is 58.7 Å². The van der Waals surface area contributed by atoms with Crippen molar-refractivity contribution in [3.8, 4) is 58.0 Å². The van der Waals surface area contributed by atoms with Crippen molar-refractivity contribution in [2.24, 2.45) is 0 Å². The van der Waals surface area contributed by atoms with E-state index in [1.807, 2.05) is 0 Å². The molecule has 14 heteroatoms. The Balaban J connectivity index is 1.65. The summed E-state index contributed by atoms with van der Waals surface area (Å²) >= 11 is 2.27. The molecule has 0 radical (unpaired) electrons. The molecule has 2 aromatic carbocycles. The number of fused-ring (bicyclic) bond motifs is 9. The Bertz CT molecular complexity index is 1940. The zero-order valence-electron chi connectivity index (χ0n) is 20.2. The van der Waals surface area contributed by atoms with Crippen molar-refractivity contribution in [1.29, 1.82) is 21.0 Å². The third kappa shape index (κ3) is 4.05. The quantitative estimate of drug-likeness (QED) is 0.144. The lowest BCUT2D eigenvalue weighted by Gasteiger charge is -2.11. The highest BCUT2D eigenvalue weighted by Crippen LogP contribution is 2.62. The van der Waals surface area contributed by atoms with Gasteiger partial charge in [0.1, 0.15) is 46.9 Å². The Kier molecular flexibility index (Phi) is 5.84. The van der Waals surface area contributed by atoms with Gasteiger partial charge in [0.25, 0.3) is 0 Å². The van der Waals surface area contributed by atoms with Crippen molar-refractivity contribution in [3.63, 3.8) is 0 Å². The van der Waals surface area contributed by atoms with E-state index >= 15 is 0 Å². The highest BCUT2D eigenvalue weighted by atomic mass is 32.1. The van der Waals surface area contributed by atoms with Crippen molar-refractivity contribution in [2.75, 3.05) is 0 Å². The van der Waals surface area contributed by atoms with Crippen molar-refractivity contribution in [3.05, 3.63) is 68.4 Å². The van der Waals surface area contributed by atoms with Crippen molar-refractivity contribution >= 4 is 43.2 Å². The molecule has 0 N–H and O–H groups in total. The van der Waals surface area contributed by atoms with Crippen LogP contribution in [0.1, 0.15) is 20.9 Å². The van der Waals surface area contributed by atoms with Crippen LogP contribution >= 0.6 is 22.7 Å². The average Bonchev–Trinajstić information content (AvgIpc) is 3.60. The zero-order chi connectivity index (χ0) is 30.1. The van der Waals surface area contributed by atoms with E-state index in [4.69, 9.17) is 0 Å². The number of nitriles is 4. The predicted molar refractivity (Wildman–Crippen MR) is 138 cm³/mol. The van der Waals surface area contributed by atoms with Gasteiger partial charge in [-0.2, -0.15) is 21.0 Å². The first-order chi connectivity index (χ1) is 19.9. The second kappa shape index (κ2) is 9.12. The zero-order valence-corrected chi connectivity index (χ0v) is 21.8. The van der Waals surface area contributed by atoms with Gasteiger partial charge in [-0.15, -0.1) is 49.0 Å². The highest BCUT2D eigenvalue weighted by Gasteiger charge is 2.39. The molecule has 0 spiro atoms. The second-order valence-electron chi connectivity index (χ2n) is 8.73. The van der Waals surface area contributed by atoms with Crippen LogP contribution in [0.3, 0.4) is 0 Å². The standard InChI is InChI=1S/C28H6F6N4O2S2/c29-27(30,31)39-13-1-3-15-17(5-13)19(11(7-35)8-36)23-21(15)25-26(41-23)22-16-4-2-14(40-28(32,33)34)6-18(16)20(24(22)42-25)12(9-37)10-38/h1-6H. The Morgan fingerprint density at radius 2 is 0.929 bits per heavy atom. The summed E-state index contributed by atoms with van der Waals surface area (Å²) in [5.41, 5.74) is 1.89. The molecule has 0 amide bonds. The Hall–Kier alpha value is -5.28. The Labute approximate surface area is 239 Å². The molecule has 2 aliphatic carbocycles. The molecule has 0 bridgehead atoms. The molecule has 0 atom stereocenters. The molecule has 0 saturated carbocycles. The Morgan fingerprint density at radius 1 is 0.571 bits per heavy atom. The van der Waals surface area contributed by atoms with Gasteiger partial charge in [-0.25, -0.2) is 0 Å². The van der Waals surface area contributed by atoms with E-state index in [1.54, 1.807) is 24.3 Å². The molecule has 204 valence electrons. The second-order valence-corrected chi connectivity index (χ2v) is 10.8. The van der Waals surface area contributed by atoms with Gasteiger partial charge in [0.2, 0.25) is 0 Å². The van der Waals surface area contributed by atoms with E-state index < -0.39 is 24.2 Å². The van der Waals surface area contributed by atoms with E-state index in [0.29, 0.717) is 41.4 Å². The smallest absolute Gasteiger partial charge is 0.406 e. The van der Waals surface area contributed by atoms with Gasteiger partial charge >= 0.3 is 12.7 Å². The maximum absolute atomic E-state index is 12.9. The van der Waals surface area contributed by atoms with Gasteiger partial charge < -0.3 is 9.47 Å². The van der Waals surface area contributed by atoms with Crippen molar-refractivity contribution in [2.45, 2.75) is 12.7 Å². The third-order valence-corrected chi connectivity index (χ3v) is 9.03. The van der Waals surface area contributed by atoms with E-state index in [1.165, 1.54) is 12.1 Å². The molecule has 6 nitrogen and oxygen atoms in total. The lowest BCUT2D eigenvalue weighted by atomic mass is 10.0. The number of halogens is 6. The van der Waals surface area contributed by atoms with E-state index in [2.05, 4.69) is 9.47 Å². The first kappa shape index (κ1) is 26.9. The molecular weight excluding hydrogens is 602 g/mol. The van der Waals surface area contributed by atoms with E-state index in [-0.39, 0.29) is 33.4 Å². The summed E-state index contributed by atoms with van der Waals surface area (Å²) in [7, 11) is 0. The first-order valence-electron chi connectivity index (χ1n) is 11.4. The number of alkyl halides is 6. The molecule has 2 aromatic heterocycles. The van der Waals surface area contributed by atoms with Crippen molar-refractivity contribution in [1.82, 2.24) is 0 Å². The minimum Gasteiger partial charge on any atom is -0.406 e. The molecule has 0 aliphatic heterocycles. The summed E-state index contributed by atoms with van der Waals surface area (Å²) in [6, 6.07) is 14.3. The van der Waals surface area contributed by atoms with Crippen LogP contribution in [0.2, 0.25) is 0 Å². The number of nitrogens with zero attached hydrogens (tertiary/aromatic N) is 4. The molecule has 6 rings (SSSR count). The molecule has 0 fully saturated rings. The lowest BCUT2D eigenvalue weighted by Crippen LogP contribution is -2.17. The average molecular weight is 609 g/mol. The van der Waals surface area contributed by atoms with Crippen LogP contribution in [0.4, 0.5) is 26.3 Å². The minimum atomic E-state index is -4.98. The molecule has 0 unspecified atom stereocenters. The maximum Gasteiger partial charge on any atom is 0.573 e. The monoisotopic (exact) mass is 608 g/mol. The number of thiophene rings is 2. The SMILES string of the molecule is N#CC(C#N)=C1c2cc(OC(F)(F)F)ccc2-c2c1sc1c3c(sc21)C(=C(C#N)C#N)c1cc(OC(F)(F)F)ccc1-3. The van der Waals surface area contributed by atoms with Crippen LogP contribution in [0.25, 0.3) is 42.8 Å². The van der Waals surface area contributed by atoms with Gasteiger partial charge in [0, 0.05) is 32.0 Å². The predicted octanol–water partition coefficient (Wildman–Crippen LogP) is 8.42. The summed E-state index contributed by atoms with van der Waals surface area (Å²) in [6.07, 6.45) is -9.95. The summed E-state index contributed by atoms with van der Waals surface area (Å²) < 4.78 is 86.8. The van der Waals surface area contributed by atoms with Crippen LogP contribution in [0.5, 0.6) is 11.5 Å². The number of hydrogen-bond donors (Lipinski definition) is 0. The molecule has 42 heavy (non-hydrogen) atoms. The van der Waals surface area contributed by atoms with E-state index in [9.17, 15) is 47.4 Å². The van der Waals surface area contributed by atoms with Crippen LogP contribution in [0, 0.1) is 45.3 Å². The van der Waals surface area contributed by atoms with Gasteiger partial charge in [-0.3, -0.25) is 0 Å². The summed E-state index contributed by atoms with van der Waals surface area (Å²) in [5.74, 6) is -1.09. The normalized spacial score (nSPS) is 12.8. The summed E-state index contributed by atoms with van der Waals surface area (Å²) in [6.45, 7) is 0. The fourth-order valence-corrected chi connectivity index (χ4v) is 8.14. The fraction of sp³-hybridized carbons (Fsp3) is 0.0714. The van der Waals surface area contributed by atoms with Gasteiger partial charge in [0.05, 0.1) is 9.40 Å². The van der Waals surface area contributed by atoms with E-state index in [0.717, 1.165) is 46.9 Å². The fourth-order valence-electron chi connectivity index (χ4n) is 5.08. The topological polar surface area (TPSA) is 114 Å². The summed E-state index contributed by atoms with van der Waals surface area (Å²) in [5, 5.41) is 38.7.